The van der Waals surface area contributed by atoms with Gasteiger partial charge < -0.3 is 9.30 Å². The van der Waals surface area contributed by atoms with Gasteiger partial charge in [0.05, 0.1) is 29.2 Å². The highest BCUT2D eigenvalue weighted by Gasteiger charge is 2.44. The number of aromatic nitrogens is 4. The summed E-state index contributed by atoms with van der Waals surface area (Å²) in [5.41, 5.74) is 4.37. The van der Waals surface area contributed by atoms with Gasteiger partial charge in [-0.15, -0.1) is 0 Å². The molecule has 5 rings (SSSR count). The first kappa shape index (κ1) is 22.9. The largest absolute Gasteiger partial charge is 0.476 e. The number of ether oxygens (including phenoxy) is 1. The summed E-state index contributed by atoms with van der Waals surface area (Å²) in [5.74, 6) is 0.239. The lowest BCUT2D eigenvalue weighted by Crippen LogP contribution is -2.32. The van der Waals surface area contributed by atoms with Crippen molar-refractivity contribution in [2.45, 2.75) is 26.8 Å². The van der Waals surface area contributed by atoms with Gasteiger partial charge in [0.2, 0.25) is 5.88 Å². The molecule has 1 atom stereocenters. The highest BCUT2D eigenvalue weighted by atomic mass is 35.5. The molecule has 1 aliphatic heterocycles. The number of fused-ring (bicyclic) bond motifs is 1. The average Bonchev–Trinajstić information content (AvgIpc) is 3.33. The van der Waals surface area contributed by atoms with Crippen molar-refractivity contribution in [1.29, 1.82) is 0 Å². The van der Waals surface area contributed by atoms with Gasteiger partial charge in [0.25, 0.3) is 11.5 Å². The van der Waals surface area contributed by atoms with E-state index in [1.165, 1.54) is 4.57 Å². The molecule has 0 spiro atoms. The van der Waals surface area contributed by atoms with E-state index in [0.29, 0.717) is 51.4 Å². The fourth-order valence-electron chi connectivity index (χ4n) is 4.60. The van der Waals surface area contributed by atoms with Crippen molar-refractivity contribution < 1.29 is 9.53 Å². The molecule has 0 fully saturated rings. The van der Waals surface area contributed by atoms with E-state index in [4.69, 9.17) is 21.4 Å². The van der Waals surface area contributed by atoms with Gasteiger partial charge in [-0.1, -0.05) is 23.7 Å². The van der Waals surface area contributed by atoms with Gasteiger partial charge in [-0.05, 0) is 56.7 Å². The summed E-state index contributed by atoms with van der Waals surface area (Å²) in [6, 6.07) is 12.3. The van der Waals surface area contributed by atoms with E-state index < -0.39 is 6.04 Å². The van der Waals surface area contributed by atoms with Crippen LogP contribution in [0.4, 0.5) is 5.69 Å². The van der Waals surface area contributed by atoms with E-state index in [-0.39, 0.29) is 11.5 Å². The van der Waals surface area contributed by atoms with E-state index in [9.17, 15) is 9.59 Å². The maximum Gasteiger partial charge on any atom is 0.263 e. The van der Waals surface area contributed by atoms with Crippen LogP contribution in [0.1, 0.15) is 45.8 Å². The highest BCUT2D eigenvalue weighted by Crippen LogP contribution is 2.44. The van der Waals surface area contributed by atoms with E-state index in [2.05, 4.69) is 4.98 Å². The van der Waals surface area contributed by atoms with Crippen LogP contribution in [0.5, 0.6) is 5.88 Å². The van der Waals surface area contributed by atoms with Gasteiger partial charge >= 0.3 is 0 Å². The highest BCUT2D eigenvalue weighted by molar-refractivity contribution is 6.30. The number of halogens is 1. The Bertz CT molecular complexity index is 1480. The normalized spacial score (nSPS) is 14.9. The van der Waals surface area contributed by atoms with Crippen molar-refractivity contribution in [3.8, 4) is 11.6 Å². The first-order chi connectivity index (χ1) is 16.8. The average molecular weight is 490 g/mol. The second kappa shape index (κ2) is 8.70. The fraction of sp³-hybridized carbons (Fsp3) is 0.231. The van der Waals surface area contributed by atoms with E-state index >= 15 is 0 Å². The SMILES string of the molecule is CCOc1ncccc1-n1nc(C)c2c1C(c1ccc(Cl)cc1)N(c1cc(C)c(=O)n(C)c1)C2=O. The molecule has 1 aromatic carbocycles. The Morgan fingerprint density at radius 1 is 1.11 bits per heavy atom. The van der Waals surface area contributed by atoms with Crippen LogP contribution in [0.3, 0.4) is 0 Å². The fourth-order valence-corrected chi connectivity index (χ4v) is 4.73. The lowest BCUT2D eigenvalue weighted by atomic mass is 10.0. The number of aryl methyl sites for hydroxylation is 3. The third-order valence-corrected chi connectivity index (χ3v) is 6.37. The molecule has 1 aliphatic rings. The number of hydrogen-bond acceptors (Lipinski definition) is 5. The standard InChI is InChI=1S/C26H24ClN5O3/c1-5-35-24-20(7-6-12-28-24)32-23-21(16(3)29-32)26(34)31(19-13-15(2)25(33)30(4)14-19)22(23)17-8-10-18(27)11-9-17/h6-14,22H,5H2,1-4H3. The molecule has 0 radical (unpaired) electrons. The van der Waals surface area contributed by atoms with Crippen molar-refractivity contribution >= 4 is 23.2 Å². The second-order valence-electron chi connectivity index (χ2n) is 8.44. The molecule has 9 heteroatoms. The van der Waals surface area contributed by atoms with E-state index in [1.54, 1.807) is 54.1 Å². The van der Waals surface area contributed by atoms with Crippen molar-refractivity contribution in [2.75, 3.05) is 11.5 Å². The quantitative estimate of drug-likeness (QED) is 0.415. The minimum Gasteiger partial charge on any atom is -0.476 e. The van der Waals surface area contributed by atoms with Gasteiger partial charge in [-0.25, -0.2) is 9.67 Å². The van der Waals surface area contributed by atoms with Crippen LogP contribution in [-0.4, -0.2) is 31.8 Å². The van der Waals surface area contributed by atoms with Crippen LogP contribution >= 0.6 is 11.6 Å². The molecule has 0 saturated carbocycles. The molecule has 0 aliphatic carbocycles. The monoisotopic (exact) mass is 489 g/mol. The number of anilines is 1. The number of pyridine rings is 2. The molecule has 3 aromatic heterocycles. The molecule has 1 amide bonds. The molecule has 4 heterocycles. The Labute approximate surface area is 207 Å². The van der Waals surface area contributed by atoms with Gasteiger partial charge in [0.15, 0.2) is 0 Å². The van der Waals surface area contributed by atoms with E-state index in [1.807, 2.05) is 38.1 Å². The third kappa shape index (κ3) is 3.70. The zero-order valence-corrected chi connectivity index (χ0v) is 20.6. The summed E-state index contributed by atoms with van der Waals surface area (Å²) < 4.78 is 9.01. The van der Waals surface area contributed by atoms with E-state index in [0.717, 1.165) is 5.56 Å². The number of nitrogens with zero attached hydrogens (tertiary/aromatic N) is 5. The Morgan fingerprint density at radius 3 is 2.54 bits per heavy atom. The molecule has 0 saturated heterocycles. The number of amides is 1. The second-order valence-corrected chi connectivity index (χ2v) is 8.88. The Balaban J connectivity index is 1.79. The number of hydrogen-bond donors (Lipinski definition) is 0. The maximum atomic E-state index is 13.9. The van der Waals surface area contributed by atoms with Crippen LogP contribution in [0.15, 0.2) is 59.7 Å². The predicted molar refractivity (Wildman–Crippen MR) is 134 cm³/mol. The number of carbonyl (C=O) groups is 1. The smallest absolute Gasteiger partial charge is 0.263 e. The summed E-state index contributed by atoms with van der Waals surface area (Å²) in [4.78, 5) is 32.4. The lowest BCUT2D eigenvalue weighted by molar-refractivity contribution is 0.0992. The van der Waals surface area contributed by atoms with Crippen molar-refractivity contribution in [2.24, 2.45) is 7.05 Å². The van der Waals surface area contributed by atoms with Crippen LogP contribution in [0.2, 0.25) is 5.02 Å². The zero-order valence-electron chi connectivity index (χ0n) is 19.8. The molecule has 0 N–H and O–H groups in total. The summed E-state index contributed by atoms with van der Waals surface area (Å²) in [5, 5.41) is 5.33. The van der Waals surface area contributed by atoms with Gasteiger partial charge in [-0.2, -0.15) is 5.10 Å². The molecule has 35 heavy (non-hydrogen) atoms. The van der Waals surface area contributed by atoms with Crippen molar-refractivity contribution in [3.63, 3.8) is 0 Å². The van der Waals surface area contributed by atoms with Crippen molar-refractivity contribution in [1.82, 2.24) is 19.3 Å². The van der Waals surface area contributed by atoms with Crippen LogP contribution in [0.25, 0.3) is 5.69 Å². The molecule has 1 unspecified atom stereocenters. The molecule has 8 nitrogen and oxygen atoms in total. The van der Waals surface area contributed by atoms with Gasteiger partial charge in [0, 0.05) is 30.0 Å². The van der Waals surface area contributed by atoms with Crippen LogP contribution in [-0.2, 0) is 7.05 Å². The van der Waals surface area contributed by atoms with Gasteiger partial charge in [-0.3, -0.25) is 14.5 Å². The number of carbonyl (C=O) groups excluding carboxylic acids is 1. The minimum atomic E-state index is -0.512. The maximum absolute atomic E-state index is 13.9. The Kier molecular flexibility index (Phi) is 5.68. The summed E-state index contributed by atoms with van der Waals surface area (Å²) >= 11 is 6.19. The molecule has 0 bridgehead atoms. The van der Waals surface area contributed by atoms with Crippen molar-refractivity contribution in [3.05, 3.63) is 98.3 Å². The van der Waals surface area contributed by atoms with Gasteiger partial charge in [0.1, 0.15) is 11.7 Å². The minimum absolute atomic E-state index is 0.111. The molecular weight excluding hydrogens is 466 g/mol. The predicted octanol–water partition coefficient (Wildman–Crippen LogP) is 4.38. The molecule has 4 aromatic rings. The first-order valence-corrected chi connectivity index (χ1v) is 11.6. The summed E-state index contributed by atoms with van der Waals surface area (Å²) in [6.45, 7) is 5.89. The Morgan fingerprint density at radius 2 is 1.86 bits per heavy atom. The van der Waals surface area contributed by atoms with Crippen LogP contribution < -0.4 is 15.2 Å². The summed E-state index contributed by atoms with van der Waals surface area (Å²) in [6.07, 6.45) is 3.34. The third-order valence-electron chi connectivity index (χ3n) is 6.12. The molecule has 178 valence electrons. The first-order valence-electron chi connectivity index (χ1n) is 11.3. The molecular formula is C26H24ClN5O3. The number of benzene rings is 1. The Hall–Kier alpha value is -3.91. The lowest BCUT2D eigenvalue weighted by Gasteiger charge is -2.27. The topological polar surface area (TPSA) is 82.2 Å². The summed E-state index contributed by atoms with van der Waals surface area (Å²) in [7, 11) is 1.68. The van der Waals surface area contributed by atoms with Crippen LogP contribution in [0, 0.1) is 13.8 Å². The zero-order chi connectivity index (χ0) is 24.9. The number of rotatable bonds is 5.